The van der Waals surface area contributed by atoms with Crippen molar-refractivity contribution >= 4 is 0 Å². The molecule has 1 aromatic carbocycles. The first-order chi connectivity index (χ1) is 9.15. The zero-order valence-electron chi connectivity index (χ0n) is 11.6. The lowest BCUT2D eigenvalue weighted by Gasteiger charge is -2.33. The van der Waals surface area contributed by atoms with Gasteiger partial charge < -0.3 is 14.7 Å². The number of aliphatic hydroxyl groups is 1. The van der Waals surface area contributed by atoms with E-state index in [0.29, 0.717) is 13.2 Å². The third-order valence-corrected chi connectivity index (χ3v) is 3.47. The zero-order chi connectivity index (χ0) is 13.7. The Morgan fingerprint density at radius 2 is 1.95 bits per heavy atom. The molecule has 1 fully saturated rings. The Labute approximate surface area is 115 Å². The lowest BCUT2D eigenvalue weighted by Crippen LogP contribution is -2.47. The summed E-state index contributed by atoms with van der Waals surface area (Å²) in [6.45, 7) is 9.05. The molecular formula is C15H23N2O2. The summed E-state index contributed by atoms with van der Waals surface area (Å²) in [4.78, 5) is 4.59. The summed E-state index contributed by atoms with van der Waals surface area (Å²) in [5, 5.41) is 10.0. The van der Waals surface area contributed by atoms with Crippen LogP contribution >= 0.6 is 0 Å². The van der Waals surface area contributed by atoms with Crippen LogP contribution < -0.4 is 4.74 Å². The van der Waals surface area contributed by atoms with E-state index in [1.54, 1.807) is 0 Å². The standard InChI is InChI=1S/C15H23N2O2/c1-13-5-3-4-6-15(13)19-12-14(18)11-17-9-7-16(2)8-10-17/h3-6,14,18H,1,7-12H2,2H3. The third kappa shape index (κ3) is 4.49. The Kier molecular flexibility index (Phi) is 5.19. The molecular weight excluding hydrogens is 240 g/mol. The molecule has 0 spiro atoms. The minimum atomic E-state index is -0.456. The molecule has 1 aromatic rings. The van der Waals surface area contributed by atoms with E-state index in [4.69, 9.17) is 4.74 Å². The zero-order valence-corrected chi connectivity index (χ0v) is 11.6. The van der Waals surface area contributed by atoms with E-state index in [1.165, 1.54) is 0 Å². The maximum Gasteiger partial charge on any atom is 0.122 e. The smallest absolute Gasteiger partial charge is 0.122 e. The van der Waals surface area contributed by atoms with Crippen molar-refractivity contribution in [3.63, 3.8) is 0 Å². The molecule has 0 aliphatic carbocycles. The number of rotatable bonds is 5. The van der Waals surface area contributed by atoms with Gasteiger partial charge in [0.2, 0.25) is 0 Å². The van der Waals surface area contributed by atoms with Gasteiger partial charge >= 0.3 is 0 Å². The van der Waals surface area contributed by atoms with Crippen LogP contribution in [0.1, 0.15) is 5.56 Å². The molecule has 0 bridgehead atoms. The van der Waals surface area contributed by atoms with Crippen LogP contribution in [0, 0.1) is 6.92 Å². The number of β-amino-alcohol motifs (C(OH)–C–C–N with tert-alkyl or cyclic N) is 1. The molecule has 1 heterocycles. The topological polar surface area (TPSA) is 35.9 Å². The Morgan fingerprint density at radius 1 is 1.26 bits per heavy atom. The van der Waals surface area contributed by atoms with Crippen LogP contribution in [0.15, 0.2) is 24.3 Å². The molecule has 1 saturated heterocycles. The molecule has 1 aliphatic heterocycles. The van der Waals surface area contributed by atoms with E-state index in [2.05, 4.69) is 23.8 Å². The van der Waals surface area contributed by atoms with Crippen LogP contribution in [0.2, 0.25) is 0 Å². The quantitative estimate of drug-likeness (QED) is 0.854. The van der Waals surface area contributed by atoms with E-state index in [1.807, 2.05) is 24.3 Å². The van der Waals surface area contributed by atoms with Crippen molar-refractivity contribution in [2.75, 3.05) is 46.4 Å². The van der Waals surface area contributed by atoms with Crippen molar-refractivity contribution in [3.8, 4) is 5.75 Å². The van der Waals surface area contributed by atoms with Crippen LogP contribution in [-0.2, 0) is 0 Å². The third-order valence-electron chi connectivity index (χ3n) is 3.47. The molecule has 2 rings (SSSR count). The van der Waals surface area contributed by atoms with Gasteiger partial charge in [-0.1, -0.05) is 18.2 Å². The van der Waals surface area contributed by atoms with Crippen molar-refractivity contribution in [1.82, 2.24) is 9.80 Å². The molecule has 1 aliphatic rings. The van der Waals surface area contributed by atoms with Gasteiger partial charge in [0.1, 0.15) is 18.5 Å². The fraction of sp³-hybridized carbons (Fsp3) is 0.533. The van der Waals surface area contributed by atoms with Crippen LogP contribution in [0.5, 0.6) is 5.75 Å². The summed E-state index contributed by atoms with van der Waals surface area (Å²) >= 11 is 0. The van der Waals surface area contributed by atoms with Crippen molar-refractivity contribution in [2.24, 2.45) is 0 Å². The predicted octanol–water partition coefficient (Wildman–Crippen LogP) is 0.856. The average molecular weight is 263 g/mol. The second-order valence-corrected chi connectivity index (χ2v) is 5.18. The summed E-state index contributed by atoms with van der Waals surface area (Å²) in [6, 6.07) is 7.62. The van der Waals surface area contributed by atoms with E-state index in [-0.39, 0.29) is 0 Å². The molecule has 19 heavy (non-hydrogen) atoms. The van der Waals surface area contributed by atoms with Gasteiger partial charge in [-0.15, -0.1) is 0 Å². The summed E-state index contributed by atoms with van der Waals surface area (Å²) < 4.78 is 5.61. The monoisotopic (exact) mass is 263 g/mol. The van der Waals surface area contributed by atoms with E-state index >= 15 is 0 Å². The Morgan fingerprint density at radius 3 is 2.63 bits per heavy atom. The molecule has 0 saturated carbocycles. The number of hydrogen-bond acceptors (Lipinski definition) is 4. The van der Waals surface area contributed by atoms with Gasteiger partial charge in [0.15, 0.2) is 0 Å². The molecule has 4 nitrogen and oxygen atoms in total. The number of ether oxygens (including phenoxy) is 1. The maximum absolute atomic E-state index is 10.0. The number of hydrogen-bond donors (Lipinski definition) is 1. The second-order valence-electron chi connectivity index (χ2n) is 5.18. The van der Waals surface area contributed by atoms with Crippen molar-refractivity contribution in [2.45, 2.75) is 6.10 Å². The van der Waals surface area contributed by atoms with Gasteiger partial charge in [-0.05, 0) is 25.6 Å². The van der Waals surface area contributed by atoms with Crippen molar-refractivity contribution in [1.29, 1.82) is 0 Å². The fourth-order valence-corrected chi connectivity index (χ4v) is 2.21. The first-order valence-corrected chi connectivity index (χ1v) is 6.78. The predicted molar refractivity (Wildman–Crippen MR) is 76.3 cm³/mol. The second kappa shape index (κ2) is 6.89. The Hall–Kier alpha value is -1.10. The minimum absolute atomic E-state index is 0.318. The van der Waals surface area contributed by atoms with Crippen LogP contribution in [0.3, 0.4) is 0 Å². The molecule has 1 atom stereocenters. The van der Waals surface area contributed by atoms with Gasteiger partial charge in [-0.25, -0.2) is 0 Å². The summed E-state index contributed by atoms with van der Waals surface area (Å²) in [7, 11) is 2.13. The summed E-state index contributed by atoms with van der Waals surface area (Å²) in [5.74, 6) is 0.750. The van der Waals surface area contributed by atoms with Gasteiger partial charge in [-0.2, -0.15) is 0 Å². The van der Waals surface area contributed by atoms with E-state index in [0.717, 1.165) is 37.5 Å². The summed E-state index contributed by atoms with van der Waals surface area (Å²) in [5.41, 5.74) is 0.856. The molecule has 0 aromatic heterocycles. The SMILES string of the molecule is [CH2]c1ccccc1OCC(O)CN1CCN(C)CC1. The molecule has 1 N–H and O–H groups in total. The number of para-hydroxylation sites is 1. The van der Waals surface area contributed by atoms with Gasteiger partial charge in [0.05, 0.1) is 0 Å². The van der Waals surface area contributed by atoms with Gasteiger partial charge in [0, 0.05) is 32.7 Å². The highest BCUT2D eigenvalue weighted by Crippen LogP contribution is 2.16. The number of aliphatic hydroxyl groups excluding tert-OH is 1. The van der Waals surface area contributed by atoms with E-state index < -0.39 is 6.10 Å². The molecule has 0 amide bonds. The van der Waals surface area contributed by atoms with Gasteiger partial charge in [0.25, 0.3) is 0 Å². The number of nitrogens with zero attached hydrogens (tertiary/aromatic N) is 2. The highest BCUT2D eigenvalue weighted by molar-refractivity contribution is 5.35. The van der Waals surface area contributed by atoms with Crippen molar-refractivity contribution in [3.05, 3.63) is 36.8 Å². The Balaban J connectivity index is 1.73. The molecule has 4 heteroatoms. The molecule has 1 unspecified atom stereocenters. The normalized spacial score (nSPS) is 19.3. The first-order valence-electron chi connectivity index (χ1n) is 6.78. The lowest BCUT2D eigenvalue weighted by atomic mass is 10.2. The van der Waals surface area contributed by atoms with Crippen LogP contribution in [-0.4, -0.2) is 67.4 Å². The van der Waals surface area contributed by atoms with Crippen molar-refractivity contribution < 1.29 is 9.84 Å². The van der Waals surface area contributed by atoms with Gasteiger partial charge in [-0.3, -0.25) is 4.90 Å². The number of likely N-dealkylation sites (N-methyl/N-ethyl adjacent to an activating group) is 1. The molecule has 1 radical (unpaired) electrons. The lowest BCUT2D eigenvalue weighted by molar-refractivity contribution is 0.0504. The molecule has 105 valence electrons. The number of benzene rings is 1. The van der Waals surface area contributed by atoms with Crippen LogP contribution in [0.4, 0.5) is 0 Å². The minimum Gasteiger partial charge on any atom is -0.491 e. The highest BCUT2D eigenvalue weighted by Gasteiger charge is 2.17. The Bertz CT molecular complexity index is 389. The number of piperazine rings is 1. The van der Waals surface area contributed by atoms with Crippen LogP contribution in [0.25, 0.3) is 0 Å². The summed E-state index contributed by atoms with van der Waals surface area (Å²) in [6.07, 6.45) is -0.456. The largest absolute Gasteiger partial charge is 0.491 e. The maximum atomic E-state index is 10.0. The fourth-order valence-electron chi connectivity index (χ4n) is 2.21. The first kappa shape index (κ1) is 14.3. The average Bonchev–Trinajstić information content (AvgIpc) is 2.40. The van der Waals surface area contributed by atoms with E-state index in [9.17, 15) is 5.11 Å². The highest BCUT2D eigenvalue weighted by atomic mass is 16.5.